The van der Waals surface area contributed by atoms with Crippen molar-refractivity contribution in [3.8, 4) is 0 Å². The highest BCUT2D eigenvalue weighted by atomic mass is 16.4. The van der Waals surface area contributed by atoms with E-state index < -0.39 is 5.97 Å². The average Bonchev–Trinajstić information content (AvgIpc) is 2.03. The minimum Gasteiger partial charge on any atom is -0.481 e. The molecular formula is C11H18O2. The van der Waals surface area contributed by atoms with E-state index in [2.05, 4.69) is 0 Å². The highest BCUT2D eigenvalue weighted by molar-refractivity contribution is 5.76. The first-order chi connectivity index (χ1) is 6.26. The number of carboxylic acid groups (broad SMARTS) is 1. The zero-order valence-corrected chi connectivity index (χ0v) is 8.09. The molecule has 2 saturated carbocycles. The van der Waals surface area contributed by atoms with Gasteiger partial charge in [-0.1, -0.05) is 25.7 Å². The van der Waals surface area contributed by atoms with E-state index in [0.717, 1.165) is 32.1 Å². The highest BCUT2D eigenvalue weighted by Gasteiger charge is 2.50. The summed E-state index contributed by atoms with van der Waals surface area (Å²) in [5, 5.41) is 9.24. The molecule has 0 aromatic rings. The van der Waals surface area contributed by atoms with Gasteiger partial charge in [-0.15, -0.1) is 0 Å². The minimum absolute atomic E-state index is 0.291. The zero-order chi connectivity index (χ0) is 9.31. The molecule has 0 bridgehead atoms. The largest absolute Gasteiger partial charge is 0.481 e. The van der Waals surface area contributed by atoms with E-state index in [1.807, 2.05) is 0 Å². The van der Waals surface area contributed by atoms with Crippen LogP contribution in [0.5, 0.6) is 0 Å². The first kappa shape index (κ1) is 9.04. The summed E-state index contributed by atoms with van der Waals surface area (Å²) in [6.07, 6.45) is 9.13. The molecule has 0 saturated heterocycles. The number of carbonyl (C=O) groups is 1. The molecule has 0 unspecified atom stereocenters. The highest BCUT2D eigenvalue weighted by Crippen LogP contribution is 2.52. The van der Waals surface area contributed by atoms with Gasteiger partial charge in [0.05, 0.1) is 5.41 Å². The molecule has 0 radical (unpaired) electrons. The van der Waals surface area contributed by atoms with E-state index in [1.165, 1.54) is 19.3 Å². The van der Waals surface area contributed by atoms with Gasteiger partial charge in [-0.25, -0.2) is 0 Å². The van der Waals surface area contributed by atoms with Gasteiger partial charge in [-0.05, 0) is 31.6 Å². The van der Waals surface area contributed by atoms with Crippen LogP contribution in [-0.2, 0) is 4.79 Å². The standard InChI is InChI=1S/C11H18O2/c12-10(13)11(7-4-8-11)9-5-2-1-3-6-9/h9H,1-8H2,(H,12,13). The zero-order valence-electron chi connectivity index (χ0n) is 8.09. The van der Waals surface area contributed by atoms with E-state index in [9.17, 15) is 9.90 Å². The Morgan fingerprint density at radius 2 is 1.69 bits per heavy atom. The molecule has 2 heteroatoms. The number of aliphatic carboxylic acids is 1. The molecule has 2 aliphatic carbocycles. The van der Waals surface area contributed by atoms with E-state index in [0.29, 0.717) is 5.92 Å². The summed E-state index contributed by atoms with van der Waals surface area (Å²) in [7, 11) is 0. The minimum atomic E-state index is -0.523. The van der Waals surface area contributed by atoms with Crippen LogP contribution in [0.3, 0.4) is 0 Å². The summed E-state index contributed by atoms with van der Waals surface area (Å²) in [6, 6.07) is 0. The summed E-state index contributed by atoms with van der Waals surface area (Å²) >= 11 is 0. The van der Waals surface area contributed by atoms with E-state index in [1.54, 1.807) is 0 Å². The van der Waals surface area contributed by atoms with Crippen molar-refractivity contribution in [1.29, 1.82) is 0 Å². The predicted molar refractivity (Wildman–Crippen MR) is 50.5 cm³/mol. The Morgan fingerprint density at radius 1 is 1.08 bits per heavy atom. The summed E-state index contributed by atoms with van der Waals surface area (Å²) in [5.74, 6) is -0.0295. The van der Waals surface area contributed by atoms with Crippen molar-refractivity contribution in [2.75, 3.05) is 0 Å². The molecule has 0 amide bonds. The first-order valence-corrected chi connectivity index (χ1v) is 5.49. The second kappa shape index (κ2) is 3.32. The third-order valence-corrected chi connectivity index (χ3v) is 4.06. The summed E-state index contributed by atoms with van der Waals surface area (Å²) in [6.45, 7) is 0. The maximum atomic E-state index is 11.2. The van der Waals surface area contributed by atoms with Crippen LogP contribution >= 0.6 is 0 Å². The first-order valence-electron chi connectivity index (χ1n) is 5.49. The van der Waals surface area contributed by atoms with Gasteiger partial charge in [0.1, 0.15) is 0 Å². The van der Waals surface area contributed by atoms with Gasteiger partial charge in [0.25, 0.3) is 0 Å². The third-order valence-electron chi connectivity index (χ3n) is 4.06. The molecule has 0 aromatic heterocycles. The molecule has 13 heavy (non-hydrogen) atoms. The fourth-order valence-electron chi connectivity index (χ4n) is 3.01. The van der Waals surface area contributed by atoms with E-state index in [-0.39, 0.29) is 5.41 Å². The lowest BCUT2D eigenvalue weighted by molar-refractivity contribution is -0.161. The SMILES string of the molecule is O=C(O)C1(C2CCCCC2)CCC1. The van der Waals surface area contributed by atoms with Crippen molar-refractivity contribution in [2.45, 2.75) is 51.4 Å². The fraction of sp³-hybridized carbons (Fsp3) is 0.909. The van der Waals surface area contributed by atoms with Crippen molar-refractivity contribution in [3.05, 3.63) is 0 Å². The third kappa shape index (κ3) is 1.36. The fourth-order valence-corrected chi connectivity index (χ4v) is 3.01. The Bertz CT molecular complexity index is 200. The van der Waals surface area contributed by atoms with Crippen LogP contribution in [0, 0.1) is 11.3 Å². The Hall–Kier alpha value is -0.530. The van der Waals surface area contributed by atoms with Gasteiger partial charge >= 0.3 is 5.97 Å². The molecule has 0 heterocycles. The Labute approximate surface area is 79.3 Å². The molecule has 0 aliphatic heterocycles. The lowest BCUT2D eigenvalue weighted by atomic mass is 9.57. The number of hydrogen-bond acceptors (Lipinski definition) is 1. The van der Waals surface area contributed by atoms with E-state index in [4.69, 9.17) is 0 Å². The Morgan fingerprint density at radius 3 is 2.08 bits per heavy atom. The summed E-state index contributed by atoms with van der Waals surface area (Å²) < 4.78 is 0. The lowest BCUT2D eigenvalue weighted by Gasteiger charge is -2.45. The molecule has 1 N–H and O–H groups in total. The average molecular weight is 182 g/mol. The summed E-state index contributed by atoms with van der Waals surface area (Å²) in [4.78, 5) is 11.2. The van der Waals surface area contributed by atoms with Gasteiger partial charge in [-0.3, -0.25) is 4.79 Å². The second-order valence-electron chi connectivity index (χ2n) is 4.65. The van der Waals surface area contributed by atoms with Crippen molar-refractivity contribution in [2.24, 2.45) is 11.3 Å². The second-order valence-corrected chi connectivity index (χ2v) is 4.65. The topological polar surface area (TPSA) is 37.3 Å². The maximum absolute atomic E-state index is 11.2. The molecule has 2 aliphatic rings. The number of carboxylic acids is 1. The monoisotopic (exact) mass is 182 g/mol. The van der Waals surface area contributed by atoms with Crippen LogP contribution in [0.15, 0.2) is 0 Å². The van der Waals surface area contributed by atoms with Crippen LogP contribution in [0.4, 0.5) is 0 Å². The van der Waals surface area contributed by atoms with Gasteiger partial charge in [-0.2, -0.15) is 0 Å². The molecule has 0 aromatic carbocycles. The van der Waals surface area contributed by atoms with Gasteiger partial charge in [0.15, 0.2) is 0 Å². The van der Waals surface area contributed by atoms with Crippen molar-refractivity contribution < 1.29 is 9.90 Å². The summed E-state index contributed by atoms with van der Waals surface area (Å²) in [5.41, 5.74) is -0.291. The predicted octanol–water partition coefficient (Wildman–Crippen LogP) is 2.82. The van der Waals surface area contributed by atoms with Crippen LogP contribution in [0.25, 0.3) is 0 Å². The molecule has 2 rings (SSSR count). The number of hydrogen-bond donors (Lipinski definition) is 1. The van der Waals surface area contributed by atoms with Gasteiger partial charge in [0.2, 0.25) is 0 Å². The van der Waals surface area contributed by atoms with Crippen LogP contribution in [-0.4, -0.2) is 11.1 Å². The maximum Gasteiger partial charge on any atom is 0.309 e. The van der Waals surface area contributed by atoms with Crippen LogP contribution in [0.1, 0.15) is 51.4 Å². The quantitative estimate of drug-likeness (QED) is 0.713. The molecule has 0 spiro atoms. The molecule has 74 valence electrons. The van der Waals surface area contributed by atoms with Crippen molar-refractivity contribution in [1.82, 2.24) is 0 Å². The van der Waals surface area contributed by atoms with Crippen molar-refractivity contribution >= 4 is 5.97 Å². The van der Waals surface area contributed by atoms with Gasteiger partial charge < -0.3 is 5.11 Å². The van der Waals surface area contributed by atoms with Crippen LogP contribution in [0.2, 0.25) is 0 Å². The molecule has 2 fully saturated rings. The lowest BCUT2D eigenvalue weighted by Crippen LogP contribution is -2.45. The normalized spacial score (nSPS) is 28.0. The smallest absolute Gasteiger partial charge is 0.309 e. The molecule has 0 atom stereocenters. The Kier molecular flexibility index (Phi) is 2.31. The van der Waals surface area contributed by atoms with Crippen molar-refractivity contribution in [3.63, 3.8) is 0 Å². The molecule has 2 nitrogen and oxygen atoms in total. The van der Waals surface area contributed by atoms with E-state index >= 15 is 0 Å². The van der Waals surface area contributed by atoms with Gasteiger partial charge in [0, 0.05) is 0 Å². The number of rotatable bonds is 2. The Balaban J connectivity index is 2.06. The van der Waals surface area contributed by atoms with Crippen LogP contribution < -0.4 is 0 Å². The molecular weight excluding hydrogens is 164 g/mol.